The number of nitrogens with one attached hydrogen (secondary N) is 1. The Morgan fingerprint density at radius 3 is 2.46 bits per heavy atom. The number of unbranched alkanes of at least 4 members (excludes halogenated alkanes) is 1. The zero-order chi connectivity index (χ0) is 27.4. The summed E-state index contributed by atoms with van der Waals surface area (Å²) >= 11 is 0. The van der Waals surface area contributed by atoms with Gasteiger partial charge >= 0.3 is 0 Å². The summed E-state index contributed by atoms with van der Waals surface area (Å²) in [5.41, 5.74) is 7.06. The van der Waals surface area contributed by atoms with Crippen molar-refractivity contribution in [1.82, 2.24) is 14.8 Å². The first kappa shape index (κ1) is 26.7. The summed E-state index contributed by atoms with van der Waals surface area (Å²) in [5.74, 6) is -0.275. The van der Waals surface area contributed by atoms with Crippen LogP contribution in [-0.4, -0.2) is 47.6 Å². The first-order chi connectivity index (χ1) is 19.0. The Labute approximate surface area is 230 Å². The fourth-order valence-corrected chi connectivity index (χ4v) is 5.57. The Morgan fingerprint density at radius 2 is 1.67 bits per heavy atom. The summed E-state index contributed by atoms with van der Waals surface area (Å²) in [6, 6.07) is 24.2. The summed E-state index contributed by atoms with van der Waals surface area (Å²) in [6.07, 6.45) is 2.89. The van der Waals surface area contributed by atoms with Gasteiger partial charge in [-0.2, -0.15) is 0 Å². The average Bonchev–Trinajstić information content (AvgIpc) is 3.39. The number of rotatable bonds is 11. The number of ether oxygens (including phenoxy) is 1. The molecule has 6 nitrogen and oxygen atoms in total. The molecule has 39 heavy (non-hydrogen) atoms. The molecule has 0 fully saturated rings. The van der Waals surface area contributed by atoms with Gasteiger partial charge in [0, 0.05) is 48.8 Å². The number of hydrogen-bond acceptors (Lipinski definition) is 3. The number of hydrogen-bond donors (Lipinski definition) is 1. The fraction of sp³-hybridized carbons (Fsp3) is 0.333. The second-order valence-corrected chi connectivity index (χ2v) is 10.3. The van der Waals surface area contributed by atoms with E-state index in [1.54, 1.807) is 4.90 Å². The molecule has 0 radical (unpaired) electrons. The zero-order valence-electron chi connectivity index (χ0n) is 23.1. The molecule has 0 spiro atoms. The second kappa shape index (κ2) is 11.9. The Kier molecular flexibility index (Phi) is 8.13. The maximum Gasteiger partial charge on any atom is 0.255 e. The summed E-state index contributed by atoms with van der Waals surface area (Å²) in [6.45, 7) is 6.10. The van der Waals surface area contributed by atoms with Gasteiger partial charge in [-0.1, -0.05) is 79.6 Å². The minimum atomic E-state index is -0.376. The highest BCUT2D eigenvalue weighted by Gasteiger charge is 2.41. The van der Waals surface area contributed by atoms with Crippen molar-refractivity contribution in [2.24, 2.45) is 7.05 Å². The molecule has 1 aromatic heterocycles. The van der Waals surface area contributed by atoms with Crippen LogP contribution in [0.1, 0.15) is 59.3 Å². The Bertz CT molecular complexity index is 1470. The number of benzene rings is 3. The molecule has 1 N–H and O–H groups in total. The van der Waals surface area contributed by atoms with Crippen LogP contribution in [0.2, 0.25) is 0 Å². The van der Waals surface area contributed by atoms with Crippen molar-refractivity contribution in [2.75, 3.05) is 26.3 Å². The van der Waals surface area contributed by atoms with Crippen molar-refractivity contribution < 1.29 is 14.3 Å². The minimum absolute atomic E-state index is 0.00850. The highest BCUT2D eigenvalue weighted by atomic mass is 16.5. The van der Waals surface area contributed by atoms with Crippen LogP contribution in [0.3, 0.4) is 0 Å². The Balaban J connectivity index is 1.50. The number of nitrogens with zero attached hydrogens (tertiary/aromatic N) is 2. The van der Waals surface area contributed by atoms with Crippen LogP contribution in [0.4, 0.5) is 0 Å². The van der Waals surface area contributed by atoms with Gasteiger partial charge < -0.3 is 19.5 Å². The largest absolute Gasteiger partial charge is 0.381 e. The number of aromatic nitrogens is 1. The van der Waals surface area contributed by atoms with Crippen molar-refractivity contribution in [3.63, 3.8) is 0 Å². The van der Waals surface area contributed by atoms with Gasteiger partial charge in [0.15, 0.2) is 0 Å². The molecule has 4 aromatic rings. The zero-order valence-corrected chi connectivity index (χ0v) is 23.1. The molecule has 1 unspecified atom stereocenters. The van der Waals surface area contributed by atoms with E-state index in [2.05, 4.69) is 67.2 Å². The molecule has 2 heterocycles. The van der Waals surface area contributed by atoms with Crippen LogP contribution in [0, 0.1) is 6.92 Å². The topological polar surface area (TPSA) is 63.6 Å². The molecular weight excluding hydrogens is 486 g/mol. The van der Waals surface area contributed by atoms with Crippen molar-refractivity contribution in [3.8, 4) is 11.3 Å². The number of carbonyl (C=O) groups is 2. The van der Waals surface area contributed by atoms with E-state index in [0.29, 0.717) is 18.7 Å². The van der Waals surface area contributed by atoms with Gasteiger partial charge in [0.05, 0.1) is 11.7 Å². The van der Waals surface area contributed by atoms with Gasteiger partial charge in [-0.05, 0) is 43.0 Å². The van der Waals surface area contributed by atoms with Gasteiger partial charge in [-0.25, -0.2) is 0 Å². The lowest BCUT2D eigenvalue weighted by Gasteiger charge is -2.26. The SMILES string of the molecule is CCCCOCCCNC(=O)CN1C(=O)c2ccccc2C1c1c(-c2ccc(C)cc2)n(C)c2ccccc12. The van der Waals surface area contributed by atoms with E-state index < -0.39 is 0 Å². The predicted octanol–water partition coefficient (Wildman–Crippen LogP) is 6.02. The molecule has 1 aliphatic rings. The predicted molar refractivity (Wildman–Crippen MR) is 156 cm³/mol. The number of aryl methyl sites for hydroxylation is 2. The fourth-order valence-electron chi connectivity index (χ4n) is 5.57. The molecule has 2 amide bonds. The summed E-state index contributed by atoms with van der Waals surface area (Å²) < 4.78 is 7.82. The quantitative estimate of drug-likeness (QED) is 0.245. The number of fused-ring (bicyclic) bond motifs is 2. The van der Waals surface area contributed by atoms with Crippen LogP contribution in [0.5, 0.6) is 0 Å². The van der Waals surface area contributed by atoms with E-state index in [1.807, 2.05) is 36.4 Å². The third-order valence-electron chi connectivity index (χ3n) is 7.55. The molecule has 6 heteroatoms. The smallest absolute Gasteiger partial charge is 0.255 e. The summed E-state index contributed by atoms with van der Waals surface area (Å²) in [5, 5.41) is 4.08. The van der Waals surface area contributed by atoms with Gasteiger partial charge in [0.2, 0.25) is 5.91 Å². The molecule has 0 aliphatic carbocycles. The normalized spacial score (nSPS) is 14.7. The standard InChI is InChI=1S/C33H37N3O3/c1-4-5-20-39-21-10-19-34-29(37)22-36-32(25-11-6-7-12-26(25)33(36)38)30-27-13-8-9-14-28(27)35(3)31(30)24-17-15-23(2)16-18-24/h6-9,11-18,32H,4-5,10,19-22H2,1-3H3,(H,34,37). The van der Waals surface area contributed by atoms with Crippen LogP contribution in [0.15, 0.2) is 72.8 Å². The second-order valence-electron chi connectivity index (χ2n) is 10.3. The monoisotopic (exact) mass is 523 g/mol. The molecule has 3 aromatic carbocycles. The van der Waals surface area contributed by atoms with Crippen LogP contribution < -0.4 is 5.32 Å². The van der Waals surface area contributed by atoms with Gasteiger partial charge in [-0.3, -0.25) is 9.59 Å². The third kappa shape index (κ3) is 5.34. The summed E-state index contributed by atoms with van der Waals surface area (Å²) in [4.78, 5) is 28.6. The van der Waals surface area contributed by atoms with Crippen molar-refractivity contribution in [2.45, 2.75) is 39.2 Å². The molecule has 1 atom stereocenters. The Morgan fingerprint density at radius 1 is 0.949 bits per heavy atom. The highest BCUT2D eigenvalue weighted by molar-refractivity contribution is 6.03. The van der Waals surface area contributed by atoms with E-state index >= 15 is 0 Å². The van der Waals surface area contributed by atoms with E-state index in [9.17, 15) is 9.59 Å². The van der Waals surface area contributed by atoms with Crippen molar-refractivity contribution in [1.29, 1.82) is 0 Å². The summed E-state index contributed by atoms with van der Waals surface area (Å²) in [7, 11) is 2.07. The van der Waals surface area contributed by atoms with E-state index in [4.69, 9.17) is 4.74 Å². The maximum absolute atomic E-state index is 13.7. The van der Waals surface area contributed by atoms with Crippen molar-refractivity contribution >= 4 is 22.7 Å². The minimum Gasteiger partial charge on any atom is -0.381 e. The number of carbonyl (C=O) groups excluding carboxylic acids is 2. The van der Waals surface area contributed by atoms with E-state index in [0.717, 1.165) is 59.2 Å². The number of amides is 2. The van der Waals surface area contributed by atoms with Gasteiger partial charge in [0.1, 0.15) is 6.54 Å². The highest BCUT2D eigenvalue weighted by Crippen LogP contribution is 2.46. The molecule has 1 aliphatic heterocycles. The van der Waals surface area contributed by atoms with Crippen molar-refractivity contribution in [3.05, 3.63) is 95.1 Å². The first-order valence-corrected chi connectivity index (χ1v) is 13.9. The molecule has 0 saturated carbocycles. The average molecular weight is 524 g/mol. The lowest BCUT2D eigenvalue weighted by Crippen LogP contribution is -2.40. The van der Waals surface area contributed by atoms with Gasteiger partial charge in [-0.15, -0.1) is 0 Å². The van der Waals surface area contributed by atoms with Gasteiger partial charge in [0.25, 0.3) is 5.91 Å². The Hall–Kier alpha value is -3.90. The third-order valence-corrected chi connectivity index (χ3v) is 7.55. The molecular formula is C33H37N3O3. The molecule has 5 rings (SSSR count). The van der Waals surface area contributed by atoms with Crippen LogP contribution in [-0.2, 0) is 16.6 Å². The lowest BCUT2D eigenvalue weighted by atomic mass is 9.93. The molecule has 0 saturated heterocycles. The number of para-hydroxylation sites is 1. The molecule has 202 valence electrons. The maximum atomic E-state index is 13.7. The first-order valence-electron chi connectivity index (χ1n) is 13.9. The van der Waals surface area contributed by atoms with Crippen LogP contribution in [0.25, 0.3) is 22.2 Å². The van der Waals surface area contributed by atoms with E-state index in [1.165, 1.54) is 5.56 Å². The van der Waals surface area contributed by atoms with E-state index in [-0.39, 0.29) is 24.4 Å². The molecule has 0 bridgehead atoms. The van der Waals surface area contributed by atoms with Crippen LogP contribution >= 0.6 is 0 Å². The lowest BCUT2D eigenvalue weighted by molar-refractivity contribution is -0.122.